The minimum atomic E-state index is -1.41. The molecule has 0 unspecified atom stereocenters. The Bertz CT molecular complexity index is 1030. The molecule has 27 heavy (non-hydrogen) atoms. The molecule has 0 bridgehead atoms. The van der Waals surface area contributed by atoms with Gasteiger partial charge in [0.25, 0.3) is 0 Å². The maximum atomic E-state index is 12.7. The normalized spacial score (nSPS) is 24.4. The molecule has 1 saturated heterocycles. The zero-order valence-corrected chi connectivity index (χ0v) is 15.4. The van der Waals surface area contributed by atoms with Crippen LogP contribution in [0.3, 0.4) is 0 Å². The van der Waals surface area contributed by atoms with Crippen LogP contribution in [0.4, 0.5) is 0 Å². The van der Waals surface area contributed by atoms with Crippen LogP contribution in [0.1, 0.15) is 35.6 Å². The molecule has 0 spiro atoms. The second-order valence-corrected chi connectivity index (χ2v) is 7.41. The van der Waals surface area contributed by atoms with Gasteiger partial charge in [0, 0.05) is 17.1 Å². The third kappa shape index (κ3) is 2.38. The largest absolute Gasteiger partial charge is 0.357 e. The first-order valence-corrected chi connectivity index (χ1v) is 9.04. The number of hydrogen-bond acceptors (Lipinski definition) is 4. The average molecular weight is 374 g/mol. The van der Waals surface area contributed by atoms with Crippen molar-refractivity contribution in [2.75, 3.05) is 0 Å². The van der Waals surface area contributed by atoms with Crippen LogP contribution in [-0.4, -0.2) is 16.7 Å². The molecular formula is C22H16ClN3O. The Morgan fingerprint density at radius 3 is 2.56 bits per heavy atom. The van der Waals surface area contributed by atoms with E-state index in [1.54, 1.807) is 18.2 Å². The highest BCUT2D eigenvalue weighted by atomic mass is 35.5. The van der Waals surface area contributed by atoms with Crippen LogP contribution in [0.15, 0.2) is 54.7 Å². The van der Waals surface area contributed by atoms with Crippen molar-refractivity contribution in [2.45, 2.75) is 24.9 Å². The van der Waals surface area contributed by atoms with Gasteiger partial charge in [0.1, 0.15) is 0 Å². The van der Waals surface area contributed by atoms with Crippen LogP contribution in [-0.2, 0) is 4.79 Å². The Morgan fingerprint density at radius 1 is 1.15 bits per heavy atom. The summed E-state index contributed by atoms with van der Waals surface area (Å²) < 4.78 is 0. The number of nitrogens with zero attached hydrogens (tertiary/aromatic N) is 3. The number of halogens is 1. The highest BCUT2D eigenvalue weighted by molar-refractivity contribution is 6.30. The van der Waals surface area contributed by atoms with Crippen LogP contribution in [0.5, 0.6) is 0 Å². The molecule has 132 valence electrons. The molecule has 5 heteroatoms. The first kappa shape index (κ1) is 17.3. The van der Waals surface area contributed by atoms with Crippen LogP contribution >= 0.6 is 11.6 Å². The summed E-state index contributed by atoms with van der Waals surface area (Å²) in [6.07, 6.45) is 3.77. The van der Waals surface area contributed by atoms with E-state index >= 15 is 0 Å². The van der Waals surface area contributed by atoms with Crippen LogP contribution < -0.4 is 0 Å². The molecule has 2 aliphatic rings. The van der Waals surface area contributed by atoms with Gasteiger partial charge >= 0.3 is 0 Å². The minimum absolute atomic E-state index is 0.0821. The molecule has 2 aromatic carbocycles. The summed E-state index contributed by atoms with van der Waals surface area (Å²) >= 11 is 6.19. The molecule has 2 aliphatic heterocycles. The summed E-state index contributed by atoms with van der Waals surface area (Å²) in [6, 6.07) is 18.3. The molecule has 2 aromatic rings. The molecule has 0 radical (unpaired) electrons. The smallest absolute Gasteiger partial charge is 0.177 e. The molecule has 4 rings (SSSR count). The number of carbonyl (C=O) groups excluding carboxylic acids is 1. The fourth-order valence-corrected chi connectivity index (χ4v) is 4.72. The Hall–Kier alpha value is -3.08. The second-order valence-electron chi connectivity index (χ2n) is 6.98. The van der Waals surface area contributed by atoms with E-state index in [9.17, 15) is 15.3 Å². The van der Waals surface area contributed by atoms with Crippen molar-refractivity contribution in [3.63, 3.8) is 0 Å². The molecule has 0 aromatic heterocycles. The van der Waals surface area contributed by atoms with E-state index in [0.717, 1.165) is 16.7 Å². The first-order chi connectivity index (χ1) is 13.0. The van der Waals surface area contributed by atoms with E-state index < -0.39 is 23.4 Å². The van der Waals surface area contributed by atoms with E-state index in [2.05, 4.69) is 12.1 Å². The lowest BCUT2D eigenvalue weighted by Crippen LogP contribution is -2.36. The number of rotatable bonds is 2. The zero-order chi connectivity index (χ0) is 19.2. The van der Waals surface area contributed by atoms with Gasteiger partial charge in [-0.05, 0) is 41.8 Å². The Kier molecular flexibility index (Phi) is 4.02. The lowest BCUT2D eigenvalue weighted by atomic mass is 9.68. The van der Waals surface area contributed by atoms with Crippen LogP contribution in [0, 0.1) is 28.1 Å². The van der Waals surface area contributed by atoms with E-state index in [4.69, 9.17) is 11.6 Å². The summed E-state index contributed by atoms with van der Waals surface area (Å²) in [4.78, 5) is 14.6. The maximum Gasteiger partial charge on any atom is 0.177 e. The number of carbonyl (C=O) groups is 1. The Balaban J connectivity index is 2.02. The van der Waals surface area contributed by atoms with Crippen molar-refractivity contribution in [3.05, 3.63) is 76.4 Å². The van der Waals surface area contributed by atoms with Gasteiger partial charge in [-0.2, -0.15) is 10.5 Å². The van der Waals surface area contributed by atoms with E-state index in [0.29, 0.717) is 5.02 Å². The molecule has 4 nitrogen and oxygen atoms in total. The summed E-state index contributed by atoms with van der Waals surface area (Å²) in [5.74, 6) is -0.689. The summed E-state index contributed by atoms with van der Waals surface area (Å²) in [5, 5.41) is 20.9. The van der Waals surface area contributed by atoms with Crippen molar-refractivity contribution in [3.8, 4) is 12.1 Å². The monoisotopic (exact) mass is 373 g/mol. The third-order valence-electron chi connectivity index (χ3n) is 5.57. The van der Waals surface area contributed by atoms with E-state index in [1.807, 2.05) is 47.5 Å². The average Bonchev–Trinajstić information content (AvgIpc) is 2.99. The van der Waals surface area contributed by atoms with Crippen molar-refractivity contribution in [1.29, 1.82) is 10.5 Å². The van der Waals surface area contributed by atoms with Crippen LogP contribution in [0.25, 0.3) is 6.08 Å². The summed E-state index contributed by atoms with van der Waals surface area (Å²) in [5.41, 5.74) is 1.16. The van der Waals surface area contributed by atoms with Crippen molar-refractivity contribution in [1.82, 2.24) is 4.90 Å². The molecular weight excluding hydrogens is 358 g/mol. The van der Waals surface area contributed by atoms with Gasteiger partial charge in [-0.3, -0.25) is 4.79 Å². The topological polar surface area (TPSA) is 67.9 Å². The SMILES string of the molecule is CC(=O)[C@@H]1[C@H](c2cccc(Cl)c2)C(C#N)(C#N)[C@H]2c3ccccc3C=CN12. The molecule has 0 saturated carbocycles. The predicted octanol–water partition coefficient (Wildman–Crippen LogP) is 4.46. The second kappa shape index (κ2) is 6.27. The van der Waals surface area contributed by atoms with Gasteiger partial charge in [0.05, 0.1) is 24.2 Å². The highest BCUT2D eigenvalue weighted by Crippen LogP contribution is 2.59. The lowest BCUT2D eigenvalue weighted by molar-refractivity contribution is -0.121. The molecule has 0 N–H and O–H groups in total. The Labute approximate surface area is 162 Å². The van der Waals surface area contributed by atoms with Crippen molar-refractivity contribution >= 4 is 23.5 Å². The van der Waals surface area contributed by atoms with Gasteiger partial charge in [0.2, 0.25) is 0 Å². The lowest BCUT2D eigenvalue weighted by Gasteiger charge is -2.34. The number of fused-ring (bicyclic) bond motifs is 3. The van der Waals surface area contributed by atoms with Gasteiger partial charge in [-0.25, -0.2) is 0 Å². The van der Waals surface area contributed by atoms with Crippen molar-refractivity contribution < 1.29 is 4.79 Å². The van der Waals surface area contributed by atoms with Gasteiger partial charge in [-0.1, -0.05) is 48.0 Å². The van der Waals surface area contributed by atoms with E-state index in [1.165, 1.54) is 6.92 Å². The fraction of sp³-hybridized carbons (Fsp3) is 0.227. The fourth-order valence-electron chi connectivity index (χ4n) is 4.53. The predicted molar refractivity (Wildman–Crippen MR) is 102 cm³/mol. The molecule has 0 amide bonds. The quantitative estimate of drug-likeness (QED) is 0.779. The number of nitriles is 2. The molecule has 3 atom stereocenters. The Morgan fingerprint density at radius 2 is 1.89 bits per heavy atom. The van der Waals surface area contributed by atoms with Gasteiger partial charge in [0.15, 0.2) is 11.2 Å². The number of hydrogen-bond donors (Lipinski definition) is 0. The van der Waals surface area contributed by atoms with Crippen LogP contribution in [0.2, 0.25) is 5.02 Å². The first-order valence-electron chi connectivity index (χ1n) is 8.66. The number of benzene rings is 2. The van der Waals surface area contributed by atoms with Gasteiger partial charge in [-0.15, -0.1) is 0 Å². The summed E-state index contributed by atoms with van der Waals surface area (Å²) in [6.45, 7) is 1.51. The third-order valence-corrected chi connectivity index (χ3v) is 5.80. The molecule has 1 fully saturated rings. The summed E-state index contributed by atoms with van der Waals surface area (Å²) in [7, 11) is 0. The molecule has 0 aliphatic carbocycles. The standard InChI is InChI=1S/C22H16ClN3O/c1-14(27)20-19(16-6-4-7-17(23)11-16)22(12-24,13-25)21-18-8-3-2-5-15(18)9-10-26(20)21/h2-11,19-21H,1H3/t19-,20+,21+/m0/s1. The zero-order valence-electron chi connectivity index (χ0n) is 14.6. The molecule has 2 heterocycles. The number of Topliss-reactive ketones (excluding diaryl/α,β-unsaturated/α-hetero) is 1. The minimum Gasteiger partial charge on any atom is -0.357 e. The maximum absolute atomic E-state index is 12.7. The number of ketones is 1. The van der Waals surface area contributed by atoms with Crippen molar-refractivity contribution in [2.24, 2.45) is 5.41 Å². The highest BCUT2D eigenvalue weighted by Gasteiger charge is 2.63. The van der Waals surface area contributed by atoms with Gasteiger partial charge < -0.3 is 4.90 Å². The van der Waals surface area contributed by atoms with E-state index in [-0.39, 0.29) is 5.78 Å².